The minimum absolute atomic E-state index is 0.181. The van der Waals surface area contributed by atoms with Gasteiger partial charge < -0.3 is 4.74 Å². The van der Waals surface area contributed by atoms with Crippen LogP contribution in [0, 0.1) is 13.8 Å². The average molecular weight is 432 g/mol. The van der Waals surface area contributed by atoms with Gasteiger partial charge in [-0.1, -0.05) is 33.6 Å². The van der Waals surface area contributed by atoms with E-state index in [1.165, 1.54) is 12.1 Å². The number of sulfonamides is 1. The Bertz CT molecular complexity index is 1010. The van der Waals surface area contributed by atoms with E-state index in [1.807, 2.05) is 50.2 Å². The van der Waals surface area contributed by atoms with Crippen LogP contribution in [0.15, 0.2) is 76.1 Å². The van der Waals surface area contributed by atoms with Crippen molar-refractivity contribution in [1.82, 2.24) is 0 Å². The summed E-state index contributed by atoms with van der Waals surface area (Å²) in [6.45, 7) is 3.84. The molecule has 1 N–H and O–H groups in total. The normalized spacial score (nSPS) is 11.2. The van der Waals surface area contributed by atoms with E-state index in [0.29, 0.717) is 17.2 Å². The fourth-order valence-electron chi connectivity index (χ4n) is 2.46. The maximum absolute atomic E-state index is 12.6. The van der Waals surface area contributed by atoms with E-state index in [9.17, 15) is 8.42 Å². The smallest absolute Gasteiger partial charge is 0.261 e. The molecule has 3 aromatic rings. The highest BCUT2D eigenvalue weighted by atomic mass is 79.9. The number of aryl methyl sites for hydroxylation is 2. The lowest BCUT2D eigenvalue weighted by Crippen LogP contribution is -2.13. The molecule has 0 fully saturated rings. The molecule has 3 rings (SSSR count). The molecule has 26 heavy (non-hydrogen) atoms. The Hall–Kier alpha value is -2.31. The molecule has 4 nitrogen and oxygen atoms in total. The summed E-state index contributed by atoms with van der Waals surface area (Å²) < 4.78 is 34.5. The van der Waals surface area contributed by atoms with Crippen LogP contribution in [0.3, 0.4) is 0 Å². The Balaban J connectivity index is 1.77. The maximum atomic E-state index is 12.6. The summed E-state index contributed by atoms with van der Waals surface area (Å²) in [6.07, 6.45) is 0. The third kappa shape index (κ3) is 4.45. The zero-order chi connectivity index (χ0) is 18.7. The lowest BCUT2D eigenvalue weighted by molar-refractivity contribution is 0.482. The lowest BCUT2D eigenvalue weighted by Gasteiger charge is -2.12. The fourth-order valence-corrected chi connectivity index (χ4v) is 3.85. The van der Waals surface area contributed by atoms with Gasteiger partial charge >= 0.3 is 0 Å². The monoisotopic (exact) mass is 431 g/mol. The number of anilines is 1. The summed E-state index contributed by atoms with van der Waals surface area (Å²) in [6, 6.07) is 19.3. The maximum Gasteiger partial charge on any atom is 0.261 e. The minimum Gasteiger partial charge on any atom is -0.457 e. The molecule has 0 spiro atoms. The average Bonchev–Trinajstić information content (AvgIpc) is 2.60. The largest absolute Gasteiger partial charge is 0.457 e. The van der Waals surface area contributed by atoms with Crippen LogP contribution in [0.2, 0.25) is 0 Å². The summed E-state index contributed by atoms with van der Waals surface area (Å²) >= 11 is 3.37. The van der Waals surface area contributed by atoms with Crippen LogP contribution in [0.1, 0.15) is 11.1 Å². The van der Waals surface area contributed by atoms with Crippen molar-refractivity contribution < 1.29 is 13.2 Å². The van der Waals surface area contributed by atoms with Crippen LogP contribution in [0.5, 0.6) is 11.5 Å². The van der Waals surface area contributed by atoms with Crippen molar-refractivity contribution in [3.63, 3.8) is 0 Å². The number of hydrogen-bond donors (Lipinski definition) is 1. The van der Waals surface area contributed by atoms with Crippen LogP contribution in [-0.4, -0.2) is 8.42 Å². The van der Waals surface area contributed by atoms with Crippen molar-refractivity contribution >= 4 is 31.6 Å². The van der Waals surface area contributed by atoms with Crippen molar-refractivity contribution in [3.8, 4) is 11.5 Å². The molecular formula is C20H18BrNO3S. The Morgan fingerprint density at radius 3 is 2.00 bits per heavy atom. The van der Waals surface area contributed by atoms with Gasteiger partial charge in [-0.15, -0.1) is 0 Å². The van der Waals surface area contributed by atoms with Crippen LogP contribution in [0.25, 0.3) is 0 Å². The van der Waals surface area contributed by atoms with Crippen molar-refractivity contribution in [2.75, 3.05) is 4.72 Å². The molecule has 0 bridgehead atoms. The summed E-state index contributed by atoms with van der Waals surface area (Å²) in [5.41, 5.74) is 2.54. The van der Waals surface area contributed by atoms with E-state index in [0.717, 1.165) is 15.6 Å². The van der Waals surface area contributed by atoms with Gasteiger partial charge in [-0.2, -0.15) is 0 Å². The molecule has 0 aliphatic rings. The molecule has 0 unspecified atom stereocenters. The molecule has 0 aliphatic carbocycles. The van der Waals surface area contributed by atoms with Gasteiger partial charge in [0.1, 0.15) is 11.5 Å². The molecule has 3 aromatic carbocycles. The van der Waals surface area contributed by atoms with Gasteiger partial charge in [0.05, 0.1) is 10.6 Å². The van der Waals surface area contributed by atoms with Crippen LogP contribution in [-0.2, 0) is 10.0 Å². The van der Waals surface area contributed by atoms with E-state index in [4.69, 9.17) is 4.74 Å². The Morgan fingerprint density at radius 2 is 1.42 bits per heavy atom. The molecule has 0 saturated heterocycles. The Morgan fingerprint density at radius 1 is 0.846 bits per heavy atom. The molecule has 0 saturated carbocycles. The van der Waals surface area contributed by atoms with E-state index in [1.54, 1.807) is 18.2 Å². The standard InChI is InChI=1S/C20H18BrNO3S/c1-14-3-12-20(15(2)13-14)22-26(23,24)19-10-8-18(9-11-19)25-17-6-4-16(21)5-7-17/h3-13,22H,1-2H3. The second-order valence-corrected chi connectivity index (χ2v) is 8.55. The predicted octanol–water partition coefficient (Wildman–Crippen LogP) is 5.66. The van der Waals surface area contributed by atoms with Crippen molar-refractivity contribution in [1.29, 1.82) is 0 Å². The Labute approximate surface area is 162 Å². The molecule has 0 aliphatic heterocycles. The summed E-state index contributed by atoms with van der Waals surface area (Å²) in [7, 11) is -3.66. The van der Waals surface area contributed by atoms with Crippen molar-refractivity contribution in [3.05, 3.63) is 82.3 Å². The van der Waals surface area contributed by atoms with Crippen LogP contribution < -0.4 is 9.46 Å². The highest BCUT2D eigenvalue weighted by Gasteiger charge is 2.15. The minimum atomic E-state index is -3.66. The van der Waals surface area contributed by atoms with Gasteiger partial charge in [-0.25, -0.2) is 8.42 Å². The van der Waals surface area contributed by atoms with E-state index in [-0.39, 0.29) is 4.90 Å². The third-order valence-electron chi connectivity index (χ3n) is 3.81. The molecule has 0 radical (unpaired) electrons. The van der Waals surface area contributed by atoms with E-state index in [2.05, 4.69) is 20.7 Å². The summed E-state index contributed by atoms with van der Waals surface area (Å²) in [5.74, 6) is 1.25. The zero-order valence-corrected chi connectivity index (χ0v) is 16.8. The molecule has 0 aromatic heterocycles. The first-order valence-electron chi connectivity index (χ1n) is 7.97. The fraction of sp³-hybridized carbons (Fsp3) is 0.100. The van der Waals surface area contributed by atoms with E-state index < -0.39 is 10.0 Å². The number of rotatable bonds is 5. The Kier molecular flexibility index (Phi) is 5.34. The van der Waals surface area contributed by atoms with Crippen LogP contribution >= 0.6 is 15.9 Å². The van der Waals surface area contributed by atoms with Crippen LogP contribution in [0.4, 0.5) is 5.69 Å². The van der Waals surface area contributed by atoms with Gasteiger partial charge in [-0.05, 0) is 74.0 Å². The number of halogens is 1. The highest BCUT2D eigenvalue weighted by Crippen LogP contribution is 2.26. The number of ether oxygens (including phenoxy) is 1. The topological polar surface area (TPSA) is 55.4 Å². The molecule has 134 valence electrons. The SMILES string of the molecule is Cc1ccc(NS(=O)(=O)c2ccc(Oc3ccc(Br)cc3)cc2)c(C)c1. The third-order valence-corrected chi connectivity index (χ3v) is 5.72. The summed E-state index contributed by atoms with van der Waals surface area (Å²) in [5, 5.41) is 0. The molecular weight excluding hydrogens is 414 g/mol. The quantitative estimate of drug-likeness (QED) is 0.566. The zero-order valence-electron chi connectivity index (χ0n) is 14.4. The number of benzene rings is 3. The number of hydrogen-bond acceptors (Lipinski definition) is 3. The lowest BCUT2D eigenvalue weighted by atomic mass is 10.1. The van der Waals surface area contributed by atoms with Gasteiger partial charge in [0, 0.05) is 4.47 Å². The highest BCUT2D eigenvalue weighted by molar-refractivity contribution is 9.10. The molecule has 0 atom stereocenters. The van der Waals surface area contributed by atoms with Crippen molar-refractivity contribution in [2.45, 2.75) is 18.7 Å². The van der Waals surface area contributed by atoms with Gasteiger partial charge in [0.15, 0.2) is 0 Å². The second kappa shape index (κ2) is 7.51. The molecule has 0 heterocycles. The first-order valence-corrected chi connectivity index (χ1v) is 10.2. The first kappa shape index (κ1) is 18.5. The molecule has 6 heteroatoms. The number of nitrogens with one attached hydrogen (secondary N) is 1. The first-order chi connectivity index (χ1) is 12.3. The molecule has 0 amide bonds. The second-order valence-electron chi connectivity index (χ2n) is 5.95. The van der Waals surface area contributed by atoms with Gasteiger partial charge in [-0.3, -0.25) is 4.72 Å². The van der Waals surface area contributed by atoms with Gasteiger partial charge in [0.25, 0.3) is 10.0 Å². The predicted molar refractivity (Wildman–Crippen MR) is 107 cm³/mol. The van der Waals surface area contributed by atoms with Crippen molar-refractivity contribution in [2.24, 2.45) is 0 Å². The van der Waals surface area contributed by atoms with E-state index >= 15 is 0 Å². The van der Waals surface area contributed by atoms with Gasteiger partial charge in [0.2, 0.25) is 0 Å². The summed E-state index contributed by atoms with van der Waals surface area (Å²) in [4.78, 5) is 0.181.